The van der Waals surface area contributed by atoms with Gasteiger partial charge in [-0.25, -0.2) is 12.7 Å². The SMILES string of the molecule is CCOc1ccc(Oc2ccc(C(F)(F)F)cc2NC(=O)C2CCN(S(C)(=O)=O)CC2)cc1. The molecular weight excluding hydrogens is 461 g/mol. The Morgan fingerprint density at radius 1 is 1.09 bits per heavy atom. The van der Waals surface area contributed by atoms with Crippen LogP contribution in [0.5, 0.6) is 17.2 Å². The number of hydrogen-bond acceptors (Lipinski definition) is 5. The highest BCUT2D eigenvalue weighted by Crippen LogP contribution is 2.37. The summed E-state index contributed by atoms with van der Waals surface area (Å²) in [7, 11) is -3.36. The number of alkyl halides is 3. The van der Waals surface area contributed by atoms with Crippen LogP contribution in [0.4, 0.5) is 18.9 Å². The van der Waals surface area contributed by atoms with Crippen molar-refractivity contribution in [2.75, 3.05) is 31.3 Å². The maximum absolute atomic E-state index is 13.3. The highest BCUT2D eigenvalue weighted by Gasteiger charge is 2.33. The Hall–Kier alpha value is -2.79. The molecule has 0 atom stereocenters. The third-order valence-electron chi connectivity index (χ3n) is 5.22. The van der Waals surface area contributed by atoms with E-state index in [-0.39, 0.29) is 37.4 Å². The molecule has 180 valence electrons. The number of sulfonamides is 1. The summed E-state index contributed by atoms with van der Waals surface area (Å²) in [6.45, 7) is 2.68. The van der Waals surface area contributed by atoms with Gasteiger partial charge in [-0.15, -0.1) is 0 Å². The molecule has 33 heavy (non-hydrogen) atoms. The molecular formula is C22H25F3N2O5S. The van der Waals surface area contributed by atoms with Crippen molar-refractivity contribution >= 4 is 21.6 Å². The number of carbonyl (C=O) groups is 1. The molecule has 1 N–H and O–H groups in total. The Bertz CT molecular complexity index is 1080. The first kappa shape index (κ1) is 24.8. The lowest BCUT2D eigenvalue weighted by Crippen LogP contribution is -2.40. The molecule has 1 saturated heterocycles. The zero-order valence-electron chi connectivity index (χ0n) is 18.2. The van der Waals surface area contributed by atoms with E-state index < -0.39 is 33.6 Å². The number of hydrogen-bond donors (Lipinski definition) is 1. The van der Waals surface area contributed by atoms with E-state index in [0.717, 1.165) is 24.5 Å². The molecule has 7 nitrogen and oxygen atoms in total. The summed E-state index contributed by atoms with van der Waals surface area (Å²) >= 11 is 0. The van der Waals surface area contributed by atoms with E-state index in [0.29, 0.717) is 18.1 Å². The molecule has 1 amide bonds. The Morgan fingerprint density at radius 3 is 2.24 bits per heavy atom. The van der Waals surface area contributed by atoms with Crippen LogP contribution in [0.25, 0.3) is 0 Å². The number of halogens is 3. The minimum atomic E-state index is -4.60. The Labute approximate surface area is 190 Å². The maximum Gasteiger partial charge on any atom is 0.416 e. The first-order valence-corrected chi connectivity index (χ1v) is 12.2. The van der Waals surface area contributed by atoms with Gasteiger partial charge in [0.25, 0.3) is 0 Å². The van der Waals surface area contributed by atoms with Gasteiger partial charge in [0, 0.05) is 19.0 Å². The van der Waals surface area contributed by atoms with Gasteiger partial charge in [0.2, 0.25) is 15.9 Å². The number of amides is 1. The van der Waals surface area contributed by atoms with Crippen molar-refractivity contribution in [3.05, 3.63) is 48.0 Å². The monoisotopic (exact) mass is 486 g/mol. The van der Waals surface area contributed by atoms with Gasteiger partial charge in [-0.2, -0.15) is 13.2 Å². The molecule has 11 heteroatoms. The summed E-state index contributed by atoms with van der Waals surface area (Å²) in [6.07, 6.45) is -2.96. The Kier molecular flexibility index (Phi) is 7.53. The van der Waals surface area contributed by atoms with Gasteiger partial charge in [-0.05, 0) is 62.2 Å². The van der Waals surface area contributed by atoms with Crippen LogP contribution < -0.4 is 14.8 Å². The standard InChI is InChI=1S/C22H25F3N2O5S/c1-3-31-17-5-7-18(8-6-17)32-20-9-4-16(22(23,24)25)14-19(20)26-21(28)15-10-12-27(13-11-15)33(2,29)30/h4-9,14-15H,3,10-13H2,1-2H3,(H,26,28). The first-order chi connectivity index (χ1) is 15.5. The molecule has 3 rings (SSSR count). The second-order valence-electron chi connectivity index (χ2n) is 7.64. The third-order valence-corrected chi connectivity index (χ3v) is 6.52. The van der Waals surface area contributed by atoms with E-state index in [2.05, 4.69) is 5.32 Å². The van der Waals surface area contributed by atoms with Gasteiger partial charge in [0.15, 0.2) is 5.75 Å². The largest absolute Gasteiger partial charge is 0.494 e. The van der Waals surface area contributed by atoms with Crippen LogP contribution in [0, 0.1) is 5.92 Å². The second kappa shape index (κ2) is 10.0. The molecule has 1 aliphatic rings. The van der Waals surface area contributed by atoms with Gasteiger partial charge in [0.1, 0.15) is 11.5 Å². The molecule has 0 radical (unpaired) electrons. The topological polar surface area (TPSA) is 84.9 Å². The Morgan fingerprint density at radius 2 is 1.70 bits per heavy atom. The minimum absolute atomic E-state index is 0.0501. The van der Waals surface area contributed by atoms with Crippen molar-refractivity contribution in [2.24, 2.45) is 5.92 Å². The van der Waals surface area contributed by atoms with Crippen molar-refractivity contribution < 1.29 is 35.9 Å². The molecule has 1 fully saturated rings. The Balaban J connectivity index is 1.79. The fourth-order valence-electron chi connectivity index (χ4n) is 3.47. The quantitative estimate of drug-likeness (QED) is 0.623. The fraction of sp³-hybridized carbons (Fsp3) is 0.409. The third kappa shape index (κ3) is 6.61. The van der Waals surface area contributed by atoms with Crippen molar-refractivity contribution in [1.29, 1.82) is 0 Å². The average molecular weight is 487 g/mol. The molecule has 1 heterocycles. The number of ether oxygens (including phenoxy) is 2. The van der Waals surface area contributed by atoms with Crippen LogP contribution in [0.15, 0.2) is 42.5 Å². The number of piperidine rings is 1. The molecule has 0 saturated carbocycles. The van der Waals surface area contributed by atoms with E-state index >= 15 is 0 Å². The van der Waals surface area contributed by atoms with Crippen LogP contribution in [-0.4, -0.2) is 44.6 Å². The van der Waals surface area contributed by atoms with Crippen LogP contribution in [0.1, 0.15) is 25.3 Å². The van der Waals surface area contributed by atoms with Gasteiger partial charge in [0.05, 0.1) is 24.1 Å². The van der Waals surface area contributed by atoms with Gasteiger partial charge in [-0.3, -0.25) is 4.79 Å². The highest BCUT2D eigenvalue weighted by molar-refractivity contribution is 7.88. The van der Waals surface area contributed by atoms with E-state index in [1.807, 2.05) is 6.92 Å². The lowest BCUT2D eigenvalue weighted by molar-refractivity contribution is -0.137. The second-order valence-corrected chi connectivity index (χ2v) is 9.62. The zero-order chi connectivity index (χ0) is 24.2. The summed E-state index contributed by atoms with van der Waals surface area (Å²) in [6, 6.07) is 9.40. The van der Waals surface area contributed by atoms with E-state index in [9.17, 15) is 26.4 Å². The highest BCUT2D eigenvalue weighted by atomic mass is 32.2. The molecule has 0 aromatic heterocycles. The van der Waals surface area contributed by atoms with Gasteiger partial charge >= 0.3 is 6.18 Å². The van der Waals surface area contributed by atoms with Crippen LogP contribution >= 0.6 is 0 Å². The van der Waals surface area contributed by atoms with E-state index in [1.165, 1.54) is 4.31 Å². The van der Waals surface area contributed by atoms with E-state index in [4.69, 9.17) is 9.47 Å². The van der Waals surface area contributed by atoms with Gasteiger partial charge < -0.3 is 14.8 Å². The lowest BCUT2D eigenvalue weighted by atomic mass is 9.97. The van der Waals surface area contributed by atoms with Crippen LogP contribution in [0.3, 0.4) is 0 Å². The zero-order valence-corrected chi connectivity index (χ0v) is 19.0. The predicted octanol–water partition coefficient (Wildman–Crippen LogP) is 4.51. The summed E-state index contributed by atoms with van der Waals surface area (Å²) < 4.78 is 75.5. The molecule has 0 aliphatic carbocycles. The van der Waals surface area contributed by atoms with E-state index in [1.54, 1.807) is 24.3 Å². The number of rotatable bonds is 7. The fourth-order valence-corrected chi connectivity index (χ4v) is 4.35. The van der Waals surface area contributed by atoms with Crippen LogP contribution in [-0.2, 0) is 21.0 Å². The lowest BCUT2D eigenvalue weighted by Gasteiger charge is -2.29. The summed E-state index contributed by atoms with van der Waals surface area (Å²) in [5, 5.41) is 2.54. The normalized spacial score (nSPS) is 15.8. The van der Waals surface area contributed by atoms with Crippen molar-refractivity contribution in [3.63, 3.8) is 0 Å². The number of anilines is 1. The van der Waals surface area contributed by atoms with Crippen molar-refractivity contribution in [1.82, 2.24) is 4.31 Å². The van der Waals surface area contributed by atoms with Crippen LogP contribution in [0.2, 0.25) is 0 Å². The predicted molar refractivity (Wildman–Crippen MR) is 117 cm³/mol. The number of carbonyl (C=O) groups excluding carboxylic acids is 1. The number of nitrogens with one attached hydrogen (secondary N) is 1. The summed E-state index contributed by atoms with van der Waals surface area (Å²) in [5.41, 5.74) is -1.04. The molecule has 2 aromatic carbocycles. The molecule has 2 aromatic rings. The first-order valence-electron chi connectivity index (χ1n) is 10.4. The van der Waals surface area contributed by atoms with Crippen molar-refractivity contribution in [3.8, 4) is 17.2 Å². The smallest absolute Gasteiger partial charge is 0.416 e. The minimum Gasteiger partial charge on any atom is -0.494 e. The number of nitrogens with zero attached hydrogens (tertiary/aromatic N) is 1. The molecule has 0 unspecified atom stereocenters. The molecule has 0 bridgehead atoms. The number of benzene rings is 2. The summed E-state index contributed by atoms with van der Waals surface area (Å²) in [4.78, 5) is 12.8. The van der Waals surface area contributed by atoms with Gasteiger partial charge in [-0.1, -0.05) is 0 Å². The average Bonchev–Trinajstić information content (AvgIpc) is 2.75. The molecule has 0 spiro atoms. The summed E-state index contributed by atoms with van der Waals surface area (Å²) in [5.74, 6) is 0.00497. The maximum atomic E-state index is 13.3. The van der Waals surface area contributed by atoms with Crippen molar-refractivity contribution in [2.45, 2.75) is 25.9 Å². The molecule has 1 aliphatic heterocycles.